The zero-order chi connectivity index (χ0) is 19.8. The van der Waals surface area contributed by atoms with Crippen molar-refractivity contribution in [2.75, 3.05) is 33.9 Å². The van der Waals surface area contributed by atoms with Gasteiger partial charge in [0, 0.05) is 39.1 Å². The van der Waals surface area contributed by atoms with E-state index in [9.17, 15) is 4.79 Å². The number of guanidine groups is 1. The van der Waals surface area contributed by atoms with Crippen molar-refractivity contribution >= 4 is 23.5 Å². The molecule has 0 spiro atoms. The van der Waals surface area contributed by atoms with E-state index in [1.165, 1.54) is 0 Å². The molecule has 2 N–H and O–H groups in total. The van der Waals surface area contributed by atoms with Crippen molar-refractivity contribution in [2.24, 2.45) is 4.99 Å². The summed E-state index contributed by atoms with van der Waals surface area (Å²) in [5.41, 5.74) is 0.956. The van der Waals surface area contributed by atoms with Crippen molar-refractivity contribution in [3.05, 3.63) is 22.7 Å². The number of amides is 1. The summed E-state index contributed by atoms with van der Waals surface area (Å²) in [5, 5.41) is 7.17. The maximum atomic E-state index is 11.8. The Morgan fingerprint density at radius 2 is 2.19 bits per heavy atom. The minimum atomic E-state index is 0.193. The third-order valence-corrected chi connectivity index (χ3v) is 4.73. The van der Waals surface area contributed by atoms with Crippen LogP contribution < -0.4 is 20.1 Å². The summed E-state index contributed by atoms with van der Waals surface area (Å²) in [4.78, 5) is 18.0. The number of hydrogen-bond acceptors (Lipinski definition) is 4. The van der Waals surface area contributed by atoms with Crippen LogP contribution in [0.4, 0.5) is 0 Å². The molecule has 1 unspecified atom stereocenters. The van der Waals surface area contributed by atoms with Crippen LogP contribution in [0.2, 0.25) is 5.02 Å². The minimum Gasteiger partial charge on any atom is -0.493 e. The van der Waals surface area contributed by atoms with Gasteiger partial charge in [0.05, 0.1) is 18.7 Å². The fourth-order valence-electron chi connectivity index (χ4n) is 3.06. The summed E-state index contributed by atoms with van der Waals surface area (Å²) in [6, 6.07) is 3.95. The highest BCUT2D eigenvalue weighted by Crippen LogP contribution is 2.36. The van der Waals surface area contributed by atoms with Gasteiger partial charge in [-0.2, -0.15) is 0 Å². The fourth-order valence-corrected chi connectivity index (χ4v) is 3.35. The molecule has 0 bridgehead atoms. The molecule has 1 saturated heterocycles. The van der Waals surface area contributed by atoms with Crippen LogP contribution in [-0.4, -0.2) is 56.7 Å². The number of benzene rings is 1. The van der Waals surface area contributed by atoms with E-state index >= 15 is 0 Å². The van der Waals surface area contributed by atoms with Crippen molar-refractivity contribution in [1.82, 2.24) is 15.5 Å². The fraction of sp³-hybridized carbons (Fsp3) is 0.579. The second kappa shape index (κ2) is 10.3. The Bertz CT molecular complexity index is 681. The van der Waals surface area contributed by atoms with Gasteiger partial charge in [0.1, 0.15) is 0 Å². The lowest BCUT2D eigenvalue weighted by Crippen LogP contribution is -2.44. The first-order valence-corrected chi connectivity index (χ1v) is 9.64. The van der Waals surface area contributed by atoms with Gasteiger partial charge in [-0.1, -0.05) is 18.5 Å². The Morgan fingerprint density at radius 1 is 1.41 bits per heavy atom. The summed E-state index contributed by atoms with van der Waals surface area (Å²) in [5.74, 6) is 2.04. The third kappa shape index (κ3) is 5.66. The molecule has 2 rings (SSSR count). The number of carbonyl (C=O) groups is 1. The van der Waals surface area contributed by atoms with E-state index in [1.54, 1.807) is 14.2 Å². The molecule has 0 aliphatic carbocycles. The van der Waals surface area contributed by atoms with Gasteiger partial charge in [-0.3, -0.25) is 9.79 Å². The molecule has 0 saturated carbocycles. The van der Waals surface area contributed by atoms with Crippen LogP contribution in [-0.2, 0) is 11.3 Å². The average Bonchev–Trinajstić information content (AvgIpc) is 3.14. The van der Waals surface area contributed by atoms with Gasteiger partial charge in [-0.05, 0) is 31.0 Å². The molecule has 1 aromatic carbocycles. The van der Waals surface area contributed by atoms with Crippen LogP contribution in [0.3, 0.4) is 0 Å². The van der Waals surface area contributed by atoms with E-state index in [-0.39, 0.29) is 11.9 Å². The van der Waals surface area contributed by atoms with Gasteiger partial charge < -0.3 is 25.0 Å². The zero-order valence-electron chi connectivity index (χ0n) is 16.5. The van der Waals surface area contributed by atoms with E-state index in [1.807, 2.05) is 30.9 Å². The van der Waals surface area contributed by atoms with Gasteiger partial charge in [0.15, 0.2) is 17.5 Å². The van der Waals surface area contributed by atoms with Crippen LogP contribution in [0.25, 0.3) is 0 Å². The molecule has 1 aliphatic heterocycles. The number of likely N-dealkylation sites (tertiary alicyclic amines) is 1. The molecular formula is C19H29ClN4O3. The third-order valence-electron chi connectivity index (χ3n) is 4.45. The Balaban J connectivity index is 1.94. The number of rotatable bonds is 7. The Morgan fingerprint density at radius 3 is 2.81 bits per heavy atom. The first-order valence-electron chi connectivity index (χ1n) is 9.26. The topological polar surface area (TPSA) is 75.2 Å². The second-order valence-electron chi connectivity index (χ2n) is 6.29. The van der Waals surface area contributed by atoms with E-state index in [2.05, 4.69) is 15.6 Å². The van der Waals surface area contributed by atoms with E-state index < -0.39 is 0 Å². The maximum absolute atomic E-state index is 11.8. The molecular weight excluding hydrogens is 368 g/mol. The molecule has 27 heavy (non-hydrogen) atoms. The monoisotopic (exact) mass is 396 g/mol. The van der Waals surface area contributed by atoms with Gasteiger partial charge in [0.2, 0.25) is 5.91 Å². The van der Waals surface area contributed by atoms with Gasteiger partial charge in [-0.15, -0.1) is 0 Å². The van der Waals surface area contributed by atoms with Gasteiger partial charge >= 0.3 is 0 Å². The van der Waals surface area contributed by atoms with Crippen molar-refractivity contribution < 1.29 is 14.3 Å². The highest BCUT2D eigenvalue weighted by Gasteiger charge is 2.25. The van der Waals surface area contributed by atoms with Gasteiger partial charge in [0.25, 0.3) is 0 Å². The van der Waals surface area contributed by atoms with E-state index in [0.717, 1.165) is 18.5 Å². The standard InChI is InChI=1S/C19H29ClN4O3/c1-5-17(25)24-8-7-14(12-24)23-19(21-3)22-11-13-9-15(20)18(27-6-2)16(10-13)26-4/h9-10,14H,5-8,11-12H2,1-4H3,(H2,21,22,23). The number of ether oxygens (including phenoxy) is 2. The number of carbonyl (C=O) groups excluding carboxylic acids is 1. The first-order chi connectivity index (χ1) is 13.0. The molecule has 1 fully saturated rings. The molecule has 1 atom stereocenters. The smallest absolute Gasteiger partial charge is 0.222 e. The van der Waals surface area contributed by atoms with Crippen LogP contribution in [0.15, 0.2) is 17.1 Å². The number of halogens is 1. The van der Waals surface area contributed by atoms with Gasteiger partial charge in [-0.25, -0.2) is 0 Å². The maximum Gasteiger partial charge on any atom is 0.222 e. The summed E-state index contributed by atoms with van der Waals surface area (Å²) >= 11 is 6.32. The molecule has 1 amide bonds. The van der Waals surface area contributed by atoms with Crippen LogP contribution in [0.5, 0.6) is 11.5 Å². The molecule has 8 heteroatoms. The molecule has 7 nitrogen and oxygen atoms in total. The summed E-state index contributed by atoms with van der Waals surface area (Å²) in [6.45, 7) is 6.33. The average molecular weight is 397 g/mol. The molecule has 1 heterocycles. The molecule has 0 aromatic heterocycles. The lowest BCUT2D eigenvalue weighted by atomic mass is 10.2. The number of aliphatic imine (C=N–C) groups is 1. The van der Waals surface area contributed by atoms with E-state index in [0.29, 0.717) is 48.6 Å². The highest BCUT2D eigenvalue weighted by molar-refractivity contribution is 6.32. The Labute approximate surface area is 166 Å². The van der Waals surface area contributed by atoms with Crippen molar-refractivity contribution in [1.29, 1.82) is 0 Å². The first kappa shape index (κ1) is 21.2. The summed E-state index contributed by atoms with van der Waals surface area (Å²) < 4.78 is 10.9. The van der Waals surface area contributed by atoms with Crippen LogP contribution >= 0.6 is 11.6 Å². The number of nitrogens with zero attached hydrogens (tertiary/aromatic N) is 2. The lowest BCUT2D eigenvalue weighted by molar-refractivity contribution is -0.129. The number of hydrogen-bond donors (Lipinski definition) is 2. The van der Waals surface area contributed by atoms with Crippen molar-refractivity contribution in [3.63, 3.8) is 0 Å². The molecule has 150 valence electrons. The highest BCUT2D eigenvalue weighted by atomic mass is 35.5. The van der Waals surface area contributed by atoms with Crippen molar-refractivity contribution in [3.8, 4) is 11.5 Å². The second-order valence-corrected chi connectivity index (χ2v) is 6.70. The van der Waals surface area contributed by atoms with Crippen LogP contribution in [0.1, 0.15) is 32.3 Å². The number of nitrogens with one attached hydrogen (secondary N) is 2. The minimum absolute atomic E-state index is 0.193. The number of methoxy groups -OCH3 is 1. The van der Waals surface area contributed by atoms with E-state index in [4.69, 9.17) is 21.1 Å². The zero-order valence-corrected chi connectivity index (χ0v) is 17.2. The molecule has 0 radical (unpaired) electrons. The quantitative estimate of drug-likeness (QED) is 0.547. The predicted molar refractivity (Wildman–Crippen MR) is 108 cm³/mol. The Kier molecular flexibility index (Phi) is 8.03. The van der Waals surface area contributed by atoms with Crippen molar-refractivity contribution in [2.45, 2.75) is 39.3 Å². The largest absolute Gasteiger partial charge is 0.493 e. The van der Waals surface area contributed by atoms with Crippen LogP contribution in [0, 0.1) is 0 Å². The molecule has 1 aromatic rings. The lowest BCUT2D eigenvalue weighted by Gasteiger charge is -2.19. The predicted octanol–water partition coefficient (Wildman–Crippen LogP) is 2.42. The SMILES string of the molecule is CCOc1c(Cl)cc(CNC(=NC)NC2CCN(C(=O)CC)C2)cc1OC. The normalized spacial score (nSPS) is 17.0. The molecule has 1 aliphatic rings. The Hall–Kier alpha value is -2.15. The summed E-state index contributed by atoms with van der Waals surface area (Å²) in [6.07, 6.45) is 1.45. The summed E-state index contributed by atoms with van der Waals surface area (Å²) in [7, 11) is 3.32.